The number of para-hydroxylation sites is 2. The molecule has 1 aromatic heterocycles. The van der Waals surface area contributed by atoms with Crippen molar-refractivity contribution < 1.29 is 4.74 Å². The second-order valence-electron chi connectivity index (χ2n) is 5.04. The highest BCUT2D eigenvalue weighted by atomic mass is 16.5. The van der Waals surface area contributed by atoms with E-state index in [1.807, 2.05) is 49.5 Å². The van der Waals surface area contributed by atoms with Gasteiger partial charge in [0.15, 0.2) is 0 Å². The number of benzene rings is 2. The number of anilines is 1. The molecule has 1 heterocycles. The van der Waals surface area contributed by atoms with Gasteiger partial charge in [-0.3, -0.25) is 0 Å². The van der Waals surface area contributed by atoms with Gasteiger partial charge in [0.05, 0.1) is 24.2 Å². The number of nitrogens with zero attached hydrogens (tertiary/aromatic N) is 2. The zero-order valence-corrected chi connectivity index (χ0v) is 12.1. The fourth-order valence-corrected chi connectivity index (χ4v) is 2.19. The molecule has 0 unspecified atom stereocenters. The van der Waals surface area contributed by atoms with Gasteiger partial charge in [0.1, 0.15) is 0 Å². The first-order valence-corrected chi connectivity index (χ1v) is 7.10. The van der Waals surface area contributed by atoms with Crippen molar-refractivity contribution in [3.8, 4) is 0 Å². The van der Waals surface area contributed by atoms with Crippen LogP contribution in [0.4, 0.5) is 5.95 Å². The number of fused-ring (bicyclic) bond motifs is 1. The van der Waals surface area contributed by atoms with Gasteiger partial charge in [0.25, 0.3) is 0 Å². The molecule has 1 N–H and O–H groups in total. The van der Waals surface area contributed by atoms with Gasteiger partial charge in [0, 0.05) is 13.6 Å². The van der Waals surface area contributed by atoms with Gasteiger partial charge >= 0.3 is 0 Å². The van der Waals surface area contributed by atoms with Crippen molar-refractivity contribution in [1.82, 2.24) is 9.97 Å². The van der Waals surface area contributed by atoms with Gasteiger partial charge in [-0.2, -0.15) is 0 Å². The Morgan fingerprint density at radius 3 is 2.62 bits per heavy atom. The molecule has 4 heteroatoms. The smallest absolute Gasteiger partial charge is 0.203 e. The largest absolute Gasteiger partial charge is 0.375 e. The zero-order chi connectivity index (χ0) is 14.5. The Morgan fingerprint density at radius 2 is 1.81 bits per heavy atom. The molecule has 0 aliphatic heterocycles. The van der Waals surface area contributed by atoms with Crippen LogP contribution in [0.1, 0.15) is 5.56 Å². The van der Waals surface area contributed by atoms with Crippen LogP contribution in [0.5, 0.6) is 0 Å². The van der Waals surface area contributed by atoms with Crippen LogP contribution in [0.2, 0.25) is 0 Å². The molecule has 0 fully saturated rings. The van der Waals surface area contributed by atoms with Gasteiger partial charge in [-0.15, -0.1) is 0 Å². The molecule has 0 atom stereocenters. The van der Waals surface area contributed by atoms with Gasteiger partial charge in [-0.1, -0.05) is 42.5 Å². The predicted molar refractivity (Wildman–Crippen MR) is 85.5 cm³/mol. The van der Waals surface area contributed by atoms with E-state index in [1.165, 1.54) is 5.56 Å². The molecule has 0 saturated heterocycles. The molecular formula is C17H19N3O. The fourth-order valence-electron chi connectivity index (χ4n) is 2.19. The number of nitrogens with one attached hydrogen (secondary N) is 1. The number of aromatic nitrogens is 2. The van der Waals surface area contributed by atoms with E-state index < -0.39 is 0 Å². The number of aromatic amines is 1. The van der Waals surface area contributed by atoms with Gasteiger partial charge < -0.3 is 14.6 Å². The first kappa shape index (κ1) is 13.6. The van der Waals surface area contributed by atoms with Crippen molar-refractivity contribution in [3.63, 3.8) is 0 Å². The number of rotatable bonds is 6. The Bertz CT molecular complexity index is 660. The third kappa shape index (κ3) is 3.41. The Balaban J connectivity index is 1.51. The lowest BCUT2D eigenvalue weighted by Gasteiger charge is -2.15. The molecular weight excluding hydrogens is 262 g/mol. The molecule has 0 spiro atoms. The molecule has 0 amide bonds. The summed E-state index contributed by atoms with van der Waals surface area (Å²) >= 11 is 0. The SMILES string of the molecule is CN(CCOCc1ccccc1)c1nc2ccccc2[nH]1. The monoisotopic (exact) mass is 281 g/mol. The molecule has 3 rings (SSSR count). The van der Waals surface area contributed by atoms with Crippen LogP contribution in [-0.4, -0.2) is 30.2 Å². The number of hydrogen-bond acceptors (Lipinski definition) is 3. The number of hydrogen-bond donors (Lipinski definition) is 1. The first-order valence-electron chi connectivity index (χ1n) is 7.10. The Morgan fingerprint density at radius 1 is 1.05 bits per heavy atom. The normalized spacial score (nSPS) is 10.9. The van der Waals surface area contributed by atoms with Crippen LogP contribution < -0.4 is 4.90 Å². The van der Waals surface area contributed by atoms with Crippen LogP contribution in [-0.2, 0) is 11.3 Å². The summed E-state index contributed by atoms with van der Waals surface area (Å²) in [7, 11) is 2.02. The summed E-state index contributed by atoms with van der Waals surface area (Å²) in [5.74, 6) is 0.875. The summed E-state index contributed by atoms with van der Waals surface area (Å²) in [6.07, 6.45) is 0. The molecule has 0 radical (unpaired) electrons. The molecule has 0 bridgehead atoms. The summed E-state index contributed by atoms with van der Waals surface area (Å²) in [4.78, 5) is 9.95. The molecule has 4 nitrogen and oxygen atoms in total. The van der Waals surface area contributed by atoms with E-state index in [0.717, 1.165) is 23.5 Å². The summed E-state index contributed by atoms with van der Waals surface area (Å²) in [5.41, 5.74) is 3.25. The van der Waals surface area contributed by atoms with Crippen LogP contribution in [0, 0.1) is 0 Å². The summed E-state index contributed by atoms with van der Waals surface area (Å²) in [5, 5.41) is 0. The molecule has 108 valence electrons. The minimum atomic E-state index is 0.648. The van der Waals surface area contributed by atoms with Crippen molar-refractivity contribution >= 4 is 17.0 Å². The standard InChI is InChI=1S/C17H19N3O/c1-20(11-12-21-13-14-7-3-2-4-8-14)17-18-15-9-5-6-10-16(15)19-17/h2-10H,11-13H2,1H3,(H,18,19). The summed E-state index contributed by atoms with van der Waals surface area (Å²) in [6, 6.07) is 18.3. The topological polar surface area (TPSA) is 41.1 Å². The minimum absolute atomic E-state index is 0.648. The van der Waals surface area contributed by atoms with Gasteiger partial charge in [-0.05, 0) is 17.7 Å². The lowest BCUT2D eigenvalue weighted by Crippen LogP contribution is -2.23. The highest BCUT2D eigenvalue weighted by Crippen LogP contribution is 2.15. The average molecular weight is 281 g/mol. The maximum Gasteiger partial charge on any atom is 0.203 e. The summed E-state index contributed by atoms with van der Waals surface area (Å²) in [6.45, 7) is 2.11. The Labute approximate surface area is 124 Å². The molecule has 0 aliphatic carbocycles. The van der Waals surface area contributed by atoms with Crippen molar-refractivity contribution in [1.29, 1.82) is 0 Å². The van der Waals surface area contributed by atoms with E-state index in [9.17, 15) is 0 Å². The number of likely N-dealkylation sites (N-methyl/N-ethyl adjacent to an activating group) is 1. The molecule has 0 saturated carbocycles. The van der Waals surface area contributed by atoms with E-state index in [0.29, 0.717) is 13.2 Å². The average Bonchev–Trinajstić information content (AvgIpc) is 2.96. The molecule has 2 aromatic carbocycles. The fraction of sp³-hybridized carbons (Fsp3) is 0.235. The quantitative estimate of drug-likeness (QED) is 0.705. The third-order valence-electron chi connectivity index (χ3n) is 3.42. The highest BCUT2D eigenvalue weighted by Gasteiger charge is 2.06. The van der Waals surface area contributed by atoms with Crippen molar-refractivity contribution in [2.45, 2.75) is 6.61 Å². The van der Waals surface area contributed by atoms with E-state index in [-0.39, 0.29) is 0 Å². The lowest BCUT2D eigenvalue weighted by atomic mass is 10.2. The third-order valence-corrected chi connectivity index (χ3v) is 3.42. The molecule has 3 aromatic rings. The second-order valence-corrected chi connectivity index (χ2v) is 5.04. The van der Waals surface area contributed by atoms with Crippen molar-refractivity contribution in [2.24, 2.45) is 0 Å². The first-order chi connectivity index (χ1) is 10.3. The van der Waals surface area contributed by atoms with Crippen LogP contribution >= 0.6 is 0 Å². The molecule has 21 heavy (non-hydrogen) atoms. The van der Waals surface area contributed by atoms with Crippen LogP contribution in [0.25, 0.3) is 11.0 Å². The van der Waals surface area contributed by atoms with E-state index in [2.05, 4.69) is 27.0 Å². The lowest BCUT2D eigenvalue weighted by molar-refractivity contribution is 0.127. The maximum absolute atomic E-state index is 5.70. The van der Waals surface area contributed by atoms with E-state index in [1.54, 1.807) is 0 Å². The zero-order valence-electron chi connectivity index (χ0n) is 12.1. The minimum Gasteiger partial charge on any atom is -0.375 e. The number of ether oxygens (including phenoxy) is 1. The van der Waals surface area contributed by atoms with Crippen LogP contribution in [0.3, 0.4) is 0 Å². The number of H-pyrrole nitrogens is 1. The predicted octanol–water partition coefficient (Wildman–Crippen LogP) is 3.22. The van der Waals surface area contributed by atoms with E-state index in [4.69, 9.17) is 4.74 Å². The molecule has 0 aliphatic rings. The Hall–Kier alpha value is -2.33. The van der Waals surface area contributed by atoms with Gasteiger partial charge in [0.2, 0.25) is 5.95 Å². The maximum atomic E-state index is 5.70. The van der Waals surface area contributed by atoms with Crippen LogP contribution in [0.15, 0.2) is 54.6 Å². The van der Waals surface area contributed by atoms with Crippen molar-refractivity contribution in [2.75, 3.05) is 25.1 Å². The van der Waals surface area contributed by atoms with Gasteiger partial charge in [-0.25, -0.2) is 4.98 Å². The summed E-state index contributed by atoms with van der Waals surface area (Å²) < 4.78 is 5.70. The number of imidazole rings is 1. The Kier molecular flexibility index (Phi) is 4.17. The van der Waals surface area contributed by atoms with E-state index >= 15 is 0 Å². The van der Waals surface area contributed by atoms with Crippen molar-refractivity contribution in [3.05, 3.63) is 60.2 Å². The highest BCUT2D eigenvalue weighted by molar-refractivity contribution is 5.77. The second kappa shape index (κ2) is 6.41.